The first-order valence-electron chi connectivity index (χ1n) is 6.80. The monoisotopic (exact) mass is 271 g/mol. The highest BCUT2D eigenvalue weighted by Crippen LogP contribution is 2.32. The lowest BCUT2D eigenvalue weighted by atomic mass is 10.1. The van der Waals surface area contributed by atoms with Gasteiger partial charge in [0.2, 0.25) is 11.8 Å². The number of hydrogen-bond donors (Lipinski definition) is 0. The summed E-state index contributed by atoms with van der Waals surface area (Å²) in [7, 11) is 0. The smallest absolute Gasteiger partial charge is 0.223 e. The third kappa shape index (κ3) is 2.31. The fourth-order valence-corrected chi connectivity index (χ4v) is 2.67. The van der Waals surface area contributed by atoms with E-state index in [-0.39, 0.29) is 17.9 Å². The normalized spacial score (nSPS) is 20.4. The van der Waals surface area contributed by atoms with Crippen molar-refractivity contribution in [1.29, 1.82) is 0 Å². The fourth-order valence-electron chi connectivity index (χ4n) is 2.67. The SMILES string of the molecule is Cc1nc(C2CC(=O)N(C(C)c3ccccc3)C2)no1. The van der Waals surface area contributed by atoms with Crippen LogP contribution in [-0.2, 0) is 4.79 Å². The Balaban J connectivity index is 1.77. The summed E-state index contributed by atoms with van der Waals surface area (Å²) in [5.74, 6) is 1.36. The molecule has 2 aromatic rings. The molecule has 2 atom stereocenters. The van der Waals surface area contributed by atoms with Gasteiger partial charge in [0.15, 0.2) is 5.82 Å². The molecule has 1 aliphatic heterocycles. The summed E-state index contributed by atoms with van der Waals surface area (Å²) < 4.78 is 5.00. The molecule has 3 rings (SSSR count). The van der Waals surface area contributed by atoms with Gasteiger partial charge in [-0.3, -0.25) is 4.79 Å². The van der Waals surface area contributed by atoms with Crippen LogP contribution in [0.15, 0.2) is 34.9 Å². The fraction of sp³-hybridized carbons (Fsp3) is 0.400. The first-order valence-corrected chi connectivity index (χ1v) is 6.80. The van der Waals surface area contributed by atoms with Gasteiger partial charge in [-0.1, -0.05) is 35.5 Å². The van der Waals surface area contributed by atoms with E-state index in [2.05, 4.69) is 17.1 Å². The van der Waals surface area contributed by atoms with Gasteiger partial charge < -0.3 is 9.42 Å². The molecular formula is C15H17N3O2. The lowest BCUT2D eigenvalue weighted by Crippen LogP contribution is -2.28. The largest absolute Gasteiger partial charge is 0.340 e. The zero-order chi connectivity index (χ0) is 14.1. The van der Waals surface area contributed by atoms with Crippen molar-refractivity contribution in [2.45, 2.75) is 32.2 Å². The van der Waals surface area contributed by atoms with Crippen molar-refractivity contribution in [2.24, 2.45) is 0 Å². The number of amides is 1. The molecule has 104 valence electrons. The summed E-state index contributed by atoms with van der Waals surface area (Å²) in [5, 5.41) is 3.93. The molecule has 1 aliphatic rings. The van der Waals surface area contributed by atoms with Crippen LogP contribution in [0.3, 0.4) is 0 Å². The molecule has 5 nitrogen and oxygen atoms in total. The Kier molecular flexibility index (Phi) is 3.26. The van der Waals surface area contributed by atoms with Crippen LogP contribution in [0.4, 0.5) is 0 Å². The van der Waals surface area contributed by atoms with E-state index in [1.54, 1.807) is 6.92 Å². The third-order valence-corrected chi connectivity index (χ3v) is 3.82. The van der Waals surface area contributed by atoms with E-state index in [0.717, 1.165) is 5.56 Å². The van der Waals surface area contributed by atoms with Crippen molar-refractivity contribution in [1.82, 2.24) is 15.0 Å². The topological polar surface area (TPSA) is 59.2 Å². The molecule has 0 bridgehead atoms. The predicted octanol–water partition coefficient (Wildman–Crippen LogP) is 2.46. The molecule has 0 N–H and O–H groups in total. The van der Waals surface area contributed by atoms with Gasteiger partial charge in [-0.05, 0) is 12.5 Å². The summed E-state index contributed by atoms with van der Waals surface area (Å²) >= 11 is 0. The maximum atomic E-state index is 12.2. The molecule has 2 unspecified atom stereocenters. The van der Waals surface area contributed by atoms with Gasteiger partial charge >= 0.3 is 0 Å². The Bertz CT molecular complexity index is 609. The number of rotatable bonds is 3. The second-order valence-electron chi connectivity index (χ2n) is 5.21. The number of hydrogen-bond acceptors (Lipinski definition) is 4. The van der Waals surface area contributed by atoms with Gasteiger partial charge in [0.1, 0.15) is 0 Å². The second-order valence-corrected chi connectivity index (χ2v) is 5.21. The average molecular weight is 271 g/mol. The Morgan fingerprint density at radius 3 is 2.75 bits per heavy atom. The lowest BCUT2D eigenvalue weighted by molar-refractivity contribution is -0.129. The van der Waals surface area contributed by atoms with Gasteiger partial charge in [-0.15, -0.1) is 0 Å². The number of nitrogens with zero attached hydrogens (tertiary/aromatic N) is 3. The van der Waals surface area contributed by atoms with E-state index in [9.17, 15) is 4.79 Å². The van der Waals surface area contributed by atoms with E-state index < -0.39 is 0 Å². The van der Waals surface area contributed by atoms with Gasteiger partial charge in [-0.2, -0.15) is 4.98 Å². The Hall–Kier alpha value is -2.17. The molecule has 2 heterocycles. The van der Waals surface area contributed by atoms with Crippen molar-refractivity contribution in [2.75, 3.05) is 6.54 Å². The molecule has 0 spiro atoms. The molecule has 1 amide bonds. The Labute approximate surface area is 117 Å². The second kappa shape index (κ2) is 5.07. The summed E-state index contributed by atoms with van der Waals surface area (Å²) in [6.45, 7) is 4.46. The van der Waals surface area contributed by atoms with Crippen LogP contribution < -0.4 is 0 Å². The van der Waals surface area contributed by atoms with E-state index >= 15 is 0 Å². The van der Waals surface area contributed by atoms with Crippen molar-refractivity contribution in [3.63, 3.8) is 0 Å². The summed E-state index contributed by atoms with van der Waals surface area (Å²) in [4.78, 5) is 18.4. The number of aryl methyl sites for hydroxylation is 1. The summed E-state index contributed by atoms with van der Waals surface area (Å²) in [6.07, 6.45) is 0.455. The van der Waals surface area contributed by atoms with Crippen LogP contribution >= 0.6 is 0 Å². The molecule has 1 fully saturated rings. The van der Waals surface area contributed by atoms with Gasteiger partial charge in [0.25, 0.3) is 0 Å². The van der Waals surface area contributed by atoms with E-state index in [4.69, 9.17) is 4.52 Å². The van der Waals surface area contributed by atoms with Crippen LogP contribution in [0.2, 0.25) is 0 Å². The number of benzene rings is 1. The molecule has 1 aromatic heterocycles. The predicted molar refractivity (Wildman–Crippen MR) is 73.0 cm³/mol. The lowest BCUT2D eigenvalue weighted by Gasteiger charge is -2.25. The van der Waals surface area contributed by atoms with Crippen LogP contribution in [0.5, 0.6) is 0 Å². The molecule has 1 saturated heterocycles. The van der Waals surface area contributed by atoms with Gasteiger partial charge in [0, 0.05) is 25.8 Å². The van der Waals surface area contributed by atoms with E-state index in [1.807, 2.05) is 35.2 Å². The van der Waals surface area contributed by atoms with Crippen molar-refractivity contribution < 1.29 is 9.32 Å². The number of carbonyl (C=O) groups excluding carboxylic acids is 1. The van der Waals surface area contributed by atoms with Crippen LogP contribution in [0.25, 0.3) is 0 Å². The molecule has 20 heavy (non-hydrogen) atoms. The highest BCUT2D eigenvalue weighted by molar-refractivity contribution is 5.80. The molecule has 5 heteroatoms. The number of carbonyl (C=O) groups is 1. The third-order valence-electron chi connectivity index (χ3n) is 3.82. The van der Waals surface area contributed by atoms with E-state index in [0.29, 0.717) is 24.7 Å². The highest BCUT2D eigenvalue weighted by Gasteiger charge is 2.36. The summed E-state index contributed by atoms with van der Waals surface area (Å²) in [6, 6.07) is 10.1. The van der Waals surface area contributed by atoms with Crippen LogP contribution in [0, 0.1) is 6.92 Å². The summed E-state index contributed by atoms with van der Waals surface area (Å²) in [5.41, 5.74) is 1.14. The van der Waals surface area contributed by atoms with Crippen molar-refractivity contribution in [3.8, 4) is 0 Å². The van der Waals surface area contributed by atoms with Gasteiger partial charge in [-0.25, -0.2) is 0 Å². The van der Waals surface area contributed by atoms with E-state index in [1.165, 1.54) is 0 Å². The number of aromatic nitrogens is 2. The maximum absolute atomic E-state index is 12.2. The quantitative estimate of drug-likeness (QED) is 0.860. The zero-order valence-corrected chi connectivity index (χ0v) is 11.6. The maximum Gasteiger partial charge on any atom is 0.223 e. The highest BCUT2D eigenvalue weighted by atomic mass is 16.5. The van der Waals surface area contributed by atoms with Crippen LogP contribution in [0.1, 0.15) is 42.6 Å². The Morgan fingerprint density at radius 1 is 1.35 bits per heavy atom. The van der Waals surface area contributed by atoms with Crippen LogP contribution in [-0.4, -0.2) is 27.5 Å². The Morgan fingerprint density at radius 2 is 2.10 bits per heavy atom. The first-order chi connectivity index (χ1) is 9.65. The molecule has 0 aliphatic carbocycles. The minimum Gasteiger partial charge on any atom is -0.340 e. The standard InChI is InChI=1S/C15H17N3O2/c1-10(12-6-4-3-5-7-12)18-9-13(8-14(18)19)15-16-11(2)20-17-15/h3-7,10,13H,8-9H2,1-2H3. The minimum absolute atomic E-state index is 0.0334. The molecular weight excluding hydrogens is 254 g/mol. The molecule has 0 saturated carbocycles. The average Bonchev–Trinajstić information content (AvgIpc) is 3.05. The van der Waals surface area contributed by atoms with Gasteiger partial charge in [0.05, 0.1) is 6.04 Å². The van der Waals surface area contributed by atoms with Crippen molar-refractivity contribution in [3.05, 3.63) is 47.6 Å². The minimum atomic E-state index is 0.0334. The molecule has 0 radical (unpaired) electrons. The number of likely N-dealkylation sites (tertiary alicyclic amines) is 1. The zero-order valence-electron chi connectivity index (χ0n) is 11.6. The first kappa shape index (κ1) is 12.8. The molecule has 1 aromatic carbocycles. The van der Waals surface area contributed by atoms with Crippen molar-refractivity contribution >= 4 is 5.91 Å².